The highest BCUT2D eigenvalue weighted by Gasteiger charge is 2.16. The lowest BCUT2D eigenvalue weighted by molar-refractivity contribution is -0.333. The van der Waals surface area contributed by atoms with Crippen LogP contribution < -0.4 is 0 Å². The third kappa shape index (κ3) is 5.17. The molecule has 92 valence electrons. The maximum Gasteiger partial charge on any atom is 0.0259 e. The van der Waals surface area contributed by atoms with Gasteiger partial charge in [-0.05, 0) is 25.7 Å². The zero-order valence-corrected chi connectivity index (χ0v) is 10.4. The van der Waals surface area contributed by atoms with Crippen LogP contribution in [0.5, 0.6) is 0 Å². The summed E-state index contributed by atoms with van der Waals surface area (Å²) in [6.45, 7) is 4.49. The van der Waals surface area contributed by atoms with Gasteiger partial charge in [-0.2, -0.15) is 23.6 Å². The Kier molecular flexibility index (Phi) is 8.46. The minimum absolute atomic E-state index is 0. The van der Waals surface area contributed by atoms with E-state index >= 15 is 0 Å². The second-order valence-electron chi connectivity index (χ2n) is 4.06. The van der Waals surface area contributed by atoms with Crippen molar-refractivity contribution in [1.82, 2.24) is 10.1 Å². The molecule has 0 aromatic heterocycles. The van der Waals surface area contributed by atoms with Crippen molar-refractivity contribution in [3.63, 3.8) is 0 Å². The summed E-state index contributed by atoms with van der Waals surface area (Å²) in [7, 11) is 0. The molecule has 15 heavy (non-hydrogen) atoms. The summed E-state index contributed by atoms with van der Waals surface area (Å²) in [5.74, 6) is 0. The Morgan fingerprint density at radius 1 is 0.600 bits per heavy atom. The zero-order chi connectivity index (χ0) is 8.93. The molecule has 0 spiro atoms. The largest absolute Gasteiger partial charge is 0.412 e. The first kappa shape index (κ1) is 15.2. The number of hydroxylamine groups is 4. The summed E-state index contributed by atoms with van der Waals surface area (Å²) in [6, 6.07) is 0. The van der Waals surface area contributed by atoms with E-state index in [1.54, 1.807) is 0 Å². The lowest BCUT2D eigenvalue weighted by Crippen LogP contribution is -2.40. The number of nitrogens with zero attached hydrogens (tertiary/aromatic N) is 2. The van der Waals surface area contributed by atoms with Crippen LogP contribution in [0.4, 0.5) is 0 Å². The van der Waals surface area contributed by atoms with Gasteiger partial charge in [0.1, 0.15) is 0 Å². The first-order valence-corrected chi connectivity index (χ1v) is 5.63. The Bertz CT molecular complexity index is 132. The molecule has 0 unspecified atom stereocenters. The van der Waals surface area contributed by atoms with Gasteiger partial charge in [0.05, 0.1) is 0 Å². The Labute approximate surface area is 99.2 Å². The van der Waals surface area contributed by atoms with E-state index < -0.39 is 0 Å². The van der Waals surface area contributed by atoms with E-state index in [0.717, 1.165) is 26.2 Å². The summed E-state index contributed by atoms with van der Waals surface area (Å²) in [5, 5.41) is 4.27. The van der Waals surface area contributed by atoms with E-state index in [2.05, 4.69) is 10.1 Å². The van der Waals surface area contributed by atoms with Crippen LogP contribution in [0.3, 0.4) is 0 Å². The Balaban J connectivity index is 0.000000980. The first-order valence-electron chi connectivity index (χ1n) is 5.63. The maximum atomic E-state index is 5.80. The molecule has 0 amide bonds. The standard InChI is InChI=1S/C10H20N2O.H2O.H2S/c1-3-7-11(8-4-1)13-12-9-5-2-6-10-12;;/h1-10H2;2*1H2. The molecule has 0 bridgehead atoms. The summed E-state index contributed by atoms with van der Waals surface area (Å²) in [6.07, 6.45) is 7.95. The highest BCUT2D eigenvalue weighted by atomic mass is 32.1. The van der Waals surface area contributed by atoms with Crippen LogP contribution in [0, 0.1) is 0 Å². The number of rotatable bonds is 2. The van der Waals surface area contributed by atoms with Gasteiger partial charge in [-0.15, -0.1) is 0 Å². The molecule has 5 heteroatoms. The summed E-state index contributed by atoms with van der Waals surface area (Å²) in [4.78, 5) is 5.80. The molecular weight excluding hydrogens is 212 g/mol. The summed E-state index contributed by atoms with van der Waals surface area (Å²) >= 11 is 0. The van der Waals surface area contributed by atoms with Gasteiger partial charge >= 0.3 is 0 Å². The van der Waals surface area contributed by atoms with Crippen molar-refractivity contribution in [3.8, 4) is 0 Å². The molecule has 2 N–H and O–H groups in total. The molecule has 0 aliphatic carbocycles. The molecule has 2 aliphatic rings. The van der Waals surface area contributed by atoms with Gasteiger partial charge in [-0.1, -0.05) is 12.8 Å². The Morgan fingerprint density at radius 3 is 1.27 bits per heavy atom. The Morgan fingerprint density at radius 2 is 0.933 bits per heavy atom. The molecular formula is C10H24N2O2S. The van der Waals surface area contributed by atoms with Crippen molar-refractivity contribution in [1.29, 1.82) is 0 Å². The number of hydrogen-bond acceptors (Lipinski definition) is 3. The number of piperidine rings is 2. The highest BCUT2D eigenvalue weighted by Crippen LogP contribution is 2.14. The van der Waals surface area contributed by atoms with Crippen LogP contribution in [0.15, 0.2) is 0 Å². The van der Waals surface area contributed by atoms with Crippen molar-refractivity contribution in [2.45, 2.75) is 38.5 Å². The van der Waals surface area contributed by atoms with Crippen molar-refractivity contribution in [3.05, 3.63) is 0 Å². The molecule has 0 aromatic rings. The minimum Gasteiger partial charge on any atom is -0.412 e. The van der Waals surface area contributed by atoms with E-state index in [-0.39, 0.29) is 19.0 Å². The van der Waals surface area contributed by atoms with Gasteiger partial charge in [0.25, 0.3) is 0 Å². The molecule has 2 rings (SSSR count). The molecule has 0 radical (unpaired) electrons. The highest BCUT2D eigenvalue weighted by molar-refractivity contribution is 7.59. The second kappa shape index (κ2) is 8.35. The first-order chi connectivity index (χ1) is 6.45. The minimum atomic E-state index is 0. The normalized spacial score (nSPS) is 24.0. The van der Waals surface area contributed by atoms with Gasteiger partial charge < -0.3 is 5.48 Å². The number of hydrogen-bond donors (Lipinski definition) is 0. The molecule has 2 heterocycles. The monoisotopic (exact) mass is 236 g/mol. The van der Waals surface area contributed by atoms with Crippen molar-refractivity contribution in [2.75, 3.05) is 26.2 Å². The van der Waals surface area contributed by atoms with Crippen molar-refractivity contribution >= 4 is 13.5 Å². The van der Waals surface area contributed by atoms with Crippen LogP contribution in [0.2, 0.25) is 0 Å². The third-order valence-electron chi connectivity index (χ3n) is 2.86. The van der Waals surface area contributed by atoms with Crippen LogP contribution in [0.25, 0.3) is 0 Å². The van der Waals surface area contributed by atoms with E-state index in [9.17, 15) is 0 Å². The smallest absolute Gasteiger partial charge is 0.0259 e. The average molecular weight is 236 g/mol. The SMILES string of the molecule is C1CCN(ON2CCCCC2)CC1.O.S. The zero-order valence-electron chi connectivity index (χ0n) is 9.37. The van der Waals surface area contributed by atoms with E-state index in [1.165, 1.54) is 38.5 Å². The van der Waals surface area contributed by atoms with Gasteiger partial charge in [-0.25, -0.2) is 4.94 Å². The van der Waals surface area contributed by atoms with E-state index in [4.69, 9.17) is 4.94 Å². The van der Waals surface area contributed by atoms with E-state index in [0.29, 0.717) is 0 Å². The summed E-state index contributed by atoms with van der Waals surface area (Å²) < 4.78 is 0. The summed E-state index contributed by atoms with van der Waals surface area (Å²) in [5.41, 5.74) is 0. The van der Waals surface area contributed by atoms with Gasteiger partial charge in [0.2, 0.25) is 0 Å². The van der Waals surface area contributed by atoms with Crippen LogP contribution in [0.1, 0.15) is 38.5 Å². The predicted molar refractivity (Wildman–Crippen MR) is 65.9 cm³/mol. The lowest BCUT2D eigenvalue weighted by Gasteiger charge is -2.33. The fourth-order valence-electron chi connectivity index (χ4n) is 2.06. The molecule has 2 fully saturated rings. The third-order valence-corrected chi connectivity index (χ3v) is 2.86. The molecule has 0 saturated carbocycles. The predicted octanol–water partition coefficient (Wildman–Crippen LogP) is 1.09. The average Bonchev–Trinajstić information content (AvgIpc) is 2.21. The topological polar surface area (TPSA) is 47.2 Å². The quantitative estimate of drug-likeness (QED) is 0.721. The van der Waals surface area contributed by atoms with Crippen molar-refractivity contribution in [2.24, 2.45) is 0 Å². The molecule has 0 aromatic carbocycles. The van der Waals surface area contributed by atoms with Gasteiger partial charge in [0, 0.05) is 26.2 Å². The molecule has 2 aliphatic heterocycles. The Hall–Kier alpha value is 0.190. The van der Waals surface area contributed by atoms with E-state index in [1.807, 2.05) is 0 Å². The van der Waals surface area contributed by atoms with Crippen LogP contribution in [-0.2, 0) is 4.94 Å². The fourth-order valence-corrected chi connectivity index (χ4v) is 2.06. The lowest BCUT2D eigenvalue weighted by atomic mass is 10.2. The van der Waals surface area contributed by atoms with Gasteiger partial charge in [0.15, 0.2) is 0 Å². The van der Waals surface area contributed by atoms with Crippen LogP contribution >= 0.6 is 13.5 Å². The second-order valence-corrected chi connectivity index (χ2v) is 4.06. The van der Waals surface area contributed by atoms with Crippen molar-refractivity contribution < 1.29 is 10.4 Å². The molecule has 0 atom stereocenters. The van der Waals surface area contributed by atoms with Crippen LogP contribution in [-0.4, -0.2) is 41.8 Å². The molecule has 2 saturated heterocycles. The molecule has 4 nitrogen and oxygen atoms in total. The fraction of sp³-hybridized carbons (Fsp3) is 1.00. The van der Waals surface area contributed by atoms with Gasteiger partial charge in [-0.3, -0.25) is 0 Å². The maximum absolute atomic E-state index is 5.80.